The van der Waals surface area contributed by atoms with Crippen LogP contribution in [0.1, 0.15) is 19.8 Å². The molecular formula is C21H25N3O4. The molecule has 0 aromatic heterocycles. The van der Waals surface area contributed by atoms with E-state index >= 15 is 0 Å². The third-order valence-electron chi connectivity index (χ3n) is 4.61. The lowest BCUT2D eigenvalue weighted by molar-refractivity contribution is -0.119. The van der Waals surface area contributed by atoms with Crippen molar-refractivity contribution in [2.24, 2.45) is 0 Å². The average Bonchev–Trinajstić information content (AvgIpc) is 3.20. The number of methoxy groups -OCH3 is 1. The number of rotatable bonds is 6. The van der Waals surface area contributed by atoms with Crippen molar-refractivity contribution in [2.45, 2.75) is 25.8 Å². The minimum absolute atomic E-state index is 0.222. The number of amides is 3. The van der Waals surface area contributed by atoms with E-state index in [1.807, 2.05) is 31.2 Å². The van der Waals surface area contributed by atoms with E-state index in [2.05, 4.69) is 10.6 Å². The molecule has 0 spiro atoms. The summed E-state index contributed by atoms with van der Waals surface area (Å²) in [5, 5.41) is 5.74. The molecule has 0 radical (unpaired) electrons. The first-order valence-electron chi connectivity index (χ1n) is 9.37. The van der Waals surface area contributed by atoms with Gasteiger partial charge < -0.3 is 25.0 Å². The molecule has 2 aromatic rings. The van der Waals surface area contributed by atoms with E-state index in [1.165, 1.54) is 0 Å². The Morgan fingerprint density at radius 3 is 2.36 bits per heavy atom. The first-order chi connectivity index (χ1) is 13.6. The van der Waals surface area contributed by atoms with Crippen molar-refractivity contribution < 1.29 is 19.1 Å². The van der Waals surface area contributed by atoms with Crippen LogP contribution in [0, 0.1) is 0 Å². The molecule has 1 fully saturated rings. The van der Waals surface area contributed by atoms with Crippen LogP contribution in [0.25, 0.3) is 0 Å². The number of carbonyl (C=O) groups excluding carboxylic acids is 2. The monoisotopic (exact) mass is 383 g/mol. The lowest BCUT2D eigenvalue weighted by Gasteiger charge is -2.25. The molecule has 1 saturated heterocycles. The van der Waals surface area contributed by atoms with Gasteiger partial charge in [0.15, 0.2) is 0 Å². The highest BCUT2D eigenvalue weighted by Gasteiger charge is 2.34. The summed E-state index contributed by atoms with van der Waals surface area (Å²) in [6.07, 6.45) is 1.38. The molecule has 1 aliphatic heterocycles. The maximum Gasteiger partial charge on any atom is 0.322 e. The van der Waals surface area contributed by atoms with Gasteiger partial charge in [0.05, 0.1) is 25.1 Å². The molecule has 0 aliphatic carbocycles. The van der Waals surface area contributed by atoms with E-state index in [9.17, 15) is 9.59 Å². The Labute approximate surface area is 164 Å². The summed E-state index contributed by atoms with van der Waals surface area (Å²) < 4.78 is 10.8. The maximum absolute atomic E-state index is 12.8. The smallest absolute Gasteiger partial charge is 0.322 e. The van der Waals surface area contributed by atoms with Crippen LogP contribution >= 0.6 is 0 Å². The lowest BCUT2D eigenvalue weighted by Crippen LogP contribution is -2.45. The Hall–Kier alpha value is -3.22. The summed E-state index contributed by atoms with van der Waals surface area (Å²) in [6, 6.07) is 13.6. The Morgan fingerprint density at radius 2 is 1.68 bits per heavy atom. The number of ether oxygens (including phenoxy) is 2. The molecule has 7 nitrogen and oxygen atoms in total. The minimum atomic E-state index is -0.538. The number of para-hydroxylation sites is 4. The van der Waals surface area contributed by atoms with E-state index in [0.717, 1.165) is 6.42 Å². The first-order valence-corrected chi connectivity index (χ1v) is 9.37. The number of anilines is 2. The van der Waals surface area contributed by atoms with Crippen molar-refractivity contribution in [1.29, 1.82) is 0 Å². The largest absolute Gasteiger partial charge is 0.495 e. The highest BCUT2D eigenvalue weighted by atomic mass is 16.5. The first kappa shape index (κ1) is 19.5. The minimum Gasteiger partial charge on any atom is -0.495 e. The summed E-state index contributed by atoms with van der Waals surface area (Å²) in [5.74, 6) is 0.961. The van der Waals surface area contributed by atoms with Crippen LogP contribution in [-0.2, 0) is 4.79 Å². The second-order valence-corrected chi connectivity index (χ2v) is 6.40. The van der Waals surface area contributed by atoms with Crippen LogP contribution in [0.2, 0.25) is 0 Å². The third-order valence-corrected chi connectivity index (χ3v) is 4.61. The lowest BCUT2D eigenvalue weighted by atomic mass is 10.2. The zero-order valence-corrected chi connectivity index (χ0v) is 16.1. The summed E-state index contributed by atoms with van der Waals surface area (Å²) >= 11 is 0. The second-order valence-electron chi connectivity index (χ2n) is 6.40. The molecule has 1 atom stereocenters. The van der Waals surface area contributed by atoms with Crippen LogP contribution in [0.4, 0.5) is 16.2 Å². The SMILES string of the molecule is CCOc1ccccc1NC(=O)[C@@H]1CCCN1C(=O)Nc1ccccc1OC. The number of hydrogen-bond acceptors (Lipinski definition) is 4. The molecule has 3 rings (SSSR count). The number of nitrogens with zero attached hydrogens (tertiary/aromatic N) is 1. The van der Waals surface area contributed by atoms with Gasteiger partial charge in [-0.3, -0.25) is 4.79 Å². The van der Waals surface area contributed by atoms with Crippen molar-refractivity contribution in [1.82, 2.24) is 4.90 Å². The van der Waals surface area contributed by atoms with Gasteiger partial charge in [-0.25, -0.2) is 4.79 Å². The topological polar surface area (TPSA) is 79.9 Å². The van der Waals surface area contributed by atoms with Crippen molar-refractivity contribution in [2.75, 3.05) is 30.9 Å². The molecule has 1 heterocycles. The van der Waals surface area contributed by atoms with E-state index in [0.29, 0.717) is 42.4 Å². The van der Waals surface area contributed by atoms with Gasteiger partial charge in [-0.05, 0) is 44.0 Å². The van der Waals surface area contributed by atoms with Crippen LogP contribution in [0.15, 0.2) is 48.5 Å². The van der Waals surface area contributed by atoms with Crippen LogP contribution in [0.3, 0.4) is 0 Å². The summed E-state index contributed by atoms with van der Waals surface area (Å²) in [4.78, 5) is 27.2. The van der Waals surface area contributed by atoms with Crippen molar-refractivity contribution >= 4 is 23.3 Å². The number of urea groups is 1. The van der Waals surface area contributed by atoms with Gasteiger partial charge in [0.1, 0.15) is 17.5 Å². The molecular weight excluding hydrogens is 358 g/mol. The van der Waals surface area contributed by atoms with E-state index in [-0.39, 0.29) is 11.9 Å². The van der Waals surface area contributed by atoms with Gasteiger partial charge in [0, 0.05) is 6.54 Å². The molecule has 0 unspecified atom stereocenters. The second kappa shape index (κ2) is 9.12. The molecule has 148 valence electrons. The van der Waals surface area contributed by atoms with E-state index in [4.69, 9.17) is 9.47 Å². The average molecular weight is 383 g/mol. The molecule has 2 aromatic carbocycles. The van der Waals surface area contributed by atoms with Gasteiger partial charge >= 0.3 is 6.03 Å². The number of benzene rings is 2. The Kier molecular flexibility index (Phi) is 6.37. The normalized spacial score (nSPS) is 15.8. The van der Waals surface area contributed by atoms with Crippen molar-refractivity contribution in [3.8, 4) is 11.5 Å². The van der Waals surface area contributed by atoms with Gasteiger partial charge in [-0.1, -0.05) is 24.3 Å². The highest BCUT2D eigenvalue weighted by molar-refractivity contribution is 6.00. The molecule has 3 amide bonds. The predicted octanol–water partition coefficient (Wildman–Crippen LogP) is 3.73. The molecule has 7 heteroatoms. The van der Waals surface area contributed by atoms with E-state index < -0.39 is 6.04 Å². The zero-order valence-electron chi connectivity index (χ0n) is 16.1. The Balaban J connectivity index is 1.70. The fourth-order valence-corrected chi connectivity index (χ4v) is 3.28. The number of hydrogen-bond donors (Lipinski definition) is 2. The van der Waals surface area contributed by atoms with E-state index in [1.54, 1.807) is 36.3 Å². The summed E-state index contributed by atoms with van der Waals surface area (Å²) in [7, 11) is 1.55. The third kappa shape index (κ3) is 4.36. The van der Waals surface area contributed by atoms with Crippen molar-refractivity contribution in [3.05, 3.63) is 48.5 Å². The standard InChI is InChI=1S/C21H25N3O4/c1-3-28-19-13-7-5-10-16(19)22-20(25)17-11-8-14-24(17)21(26)23-15-9-4-6-12-18(15)27-2/h4-7,9-10,12-13,17H,3,8,11,14H2,1-2H3,(H,22,25)(H,23,26)/t17-/m0/s1. The Bertz CT molecular complexity index is 840. The van der Waals surface area contributed by atoms with Crippen molar-refractivity contribution in [3.63, 3.8) is 0 Å². The molecule has 28 heavy (non-hydrogen) atoms. The van der Waals surface area contributed by atoms with Crippen LogP contribution < -0.4 is 20.1 Å². The van der Waals surface area contributed by atoms with Crippen LogP contribution in [0.5, 0.6) is 11.5 Å². The number of likely N-dealkylation sites (tertiary alicyclic amines) is 1. The maximum atomic E-state index is 12.8. The molecule has 0 bridgehead atoms. The molecule has 1 aliphatic rings. The summed E-state index contributed by atoms with van der Waals surface area (Å²) in [6.45, 7) is 2.91. The number of nitrogens with one attached hydrogen (secondary N) is 2. The van der Waals surface area contributed by atoms with Gasteiger partial charge in [-0.2, -0.15) is 0 Å². The summed E-state index contributed by atoms with van der Waals surface area (Å²) in [5.41, 5.74) is 1.18. The van der Waals surface area contributed by atoms with Crippen LogP contribution in [-0.4, -0.2) is 43.1 Å². The Morgan fingerprint density at radius 1 is 1.04 bits per heavy atom. The zero-order chi connectivity index (χ0) is 19.9. The predicted molar refractivity (Wildman–Crippen MR) is 108 cm³/mol. The molecule has 0 saturated carbocycles. The fraction of sp³-hybridized carbons (Fsp3) is 0.333. The van der Waals surface area contributed by atoms with Gasteiger partial charge in [-0.15, -0.1) is 0 Å². The fourth-order valence-electron chi connectivity index (χ4n) is 3.28. The number of carbonyl (C=O) groups is 2. The molecule has 2 N–H and O–H groups in total. The van der Waals surface area contributed by atoms with Gasteiger partial charge in [0.2, 0.25) is 5.91 Å². The quantitative estimate of drug-likeness (QED) is 0.797. The van der Waals surface area contributed by atoms with Gasteiger partial charge in [0.25, 0.3) is 0 Å². The highest BCUT2D eigenvalue weighted by Crippen LogP contribution is 2.27.